The quantitative estimate of drug-likeness (QED) is 0.137. The van der Waals surface area contributed by atoms with Crippen LogP contribution >= 0.6 is 0 Å². The first-order valence-electron chi connectivity index (χ1n) is 6.36. The van der Waals surface area contributed by atoms with Crippen LogP contribution in [0.25, 0.3) is 0 Å². The van der Waals surface area contributed by atoms with E-state index in [0.29, 0.717) is 0 Å². The highest BCUT2D eigenvalue weighted by Crippen LogP contribution is 2.42. The highest BCUT2D eigenvalue weighted by molar-refractivity contribution is 7.86. The number of halogens is 7. The van der Waals surface area contributed by atoms with Crippen LogP contribution in [0.2, 0.25) is 0 Å². The van der Waals surface area contributed by atoms with Crippen molar-refractivity contribution in [3.8, 4) is 0 Å². The van der Waals surface area contributed by atoms with Crippen molar-refractivity contribution in [3.05, 3.63) is 12.7 Å². The zero-order valence-corrected chi connectivity index (χ0v) is 13.6. The molecule has 0 aliphatic heterocycles. The summed E-state index contributed by atoms with van der Waals surface area (Å²) in [7, 11) is -6.81. The summed E-state index contributed by atoms with van der Waals surface area (Å²) in [6.45, 7) is 1.05. The van der Waals surface area contributed by atoms with Gasteiger partial charge in [0.1, 0.15) is 0 Å². The van der Waals surface area contributed by atoms with Gasteiger partial charge in [-0.1, -0.05) is 6.58 Å². The SMILES string of the molecule is C=CC(=O)OC(OCCCC(F)(F)C(F)(F)S(=O)(=O)[O-])(C(=O)O)C(F)(F)F. The molecule has 0 aromatic carbocycles. The second kappa shape index (κ2) is 7.97. The Morgan fingerprint density at radius 3 is 1.93 bits per heavy atom. The van der Waals surface area contributed by atoms with E-state index in [0.717, 1.165) is 0 Å². The van der Waals surface area contributed by atoms with Crippen molar-refractivity contribution in [1.82, 2.24) is 0 Å². The van der Waals surface area contributed by atoms with Crippen molar-refractivity contribution in [1.29, 1.82) is 0 Å². The number of alkyl halides is 7. The van der Waals surface area contributed by atoms with Gasteiger partial charge in [-0.25, -0.2) is 18.0 Å². The molecule has 0 heterocycles. The number of ether oxygens (including phenoxy) is 2. The van der Waals surface area contributed by atoms with Crippen LogP contribution in [0.4, 0.5) is 30.7 Å². The van der Waals surface area contributed by atoms with E-state index in [-0.39, 0.29) is 6.08 Å². The van der Waals surface area contributed by atoms with E-state index >= 15 is 0 Å². The standard InChI is InChI=1S/C11H11F7O8S/c1-2-6(19)26-9(7(20)21,10(14,15)16)25-5-3-4-8(12,13)11(17,18)27(22,23)24/h2H,1,3-5H2,(H,20,21)(H,22,23,24)/p-1. The van der Waals surface area contributed by atoms with Gasteiger partial charge in [0.05, 0.1) is 6.61 Å². The monoisotopic (exact) mass is 435 g/mol. The fourth-order valence-electron chi connectivity index (χ4n) is 1.42. The minimum absolute atomic E-state index is 0.126. The molecule has 27 heavy (non-hydrogen) atoms. The molecule has 0 aromatic heterocycles. The molecule has 158 valence electrons. The van der Waals surface area contributed by atoms with E-state index < -0.39 is 64.6 Å². The number of carbonyl (C=O) groups is 2. The van der Waals surface area contributed by atoms with Gasteiger partial charge in [-0.3, -0.25) is 0 Å². The normalized spacial score (nSPS) is 15.7. The van der Waals surface area contributed by atoms with Gasteiger partial charge in [-0.15, -0.1) is 0 Å². The second-order valence-electron chi connectivity index (χ2n) is 4.67. The van der Waals surface area contributed by atoms with Crippen molar-refractivity contribution >= 4 is 22.1 Å². The Hall–Kier alpha value is -1.94. The van der Waals surface area contributed by atoms with Gasteiger partial charge in [0.15, 0.2) is 10.1 Å². The molecule has 0 saturated heterocycles. The molecule has 0 bridgehead atoms. The number of rotatable bonds is 10. The van der Waals surface area contributed by atoms with Crippen LogP contribution in [-0.4, -0.2) is 59.8 Å². The minimum atomic E-state index is -6.81. The molecule has 0 amide bonds. The molecular formula is C11H10F7O8S-. The molecule has 0 rings (SSSR count). The lowest BCUT2D eigenvalue weighted by Gasteiger charge is -2.31. The largest absolute Gasteiger partial charge is 0.743 e. The maximum Gasteiger partial charge on any atom is 0.468 e. The highest BCUT2D eigenvalue weighted by Gasteiger charge is 2.67. The summed E-state index contributed by atoms with van der Waals surface area (Å²) in [6.07, 6.45) is -9.46. The average molecular weight is 435 g/mol. The number of hydrogen-bond acceptors (Lipinski definition) is 7. The van der Waals surface area contributed by atoms with Crippen LogP contribution in [0, 0.1) is 0 Å². The molecule has 0 spiro atoms. The third kappa shape index (κ3) is 5.29. The predicted octanol–water partition coefficient (Wildman–Crippen LogP) is 1.63. The minimum Gasteiger partial charge on any atom is -0.743 e. The molecule has 0 aliphatic rings. The number of carboxylic acid groups (broad SMARTS) is 1. The Morgan fingerprint density at radius 1 is 1.11 bits per heavy atom. The average Bonchev–Trinajstić information content (AvgIpc) is 2.47. The topological polar surface area (TPSA) is 130 Å². The summed E-state index contributed by atoms with van der Waals surface area (Å²) in [6, 6.07) is 0. The second-order valence-corrected chi connectivity index (χ2v) is 6.09. The molecule has 0 aliphatic carbocycles. The predicted molar refractivity (Wildman–Crippen MR) is 67.5 cm³/mol. The lowest BCUT2D eigenvalue weighted by Crippen LogP contribution is -2.57. The zero-order valence-electron chi connectivity index (χ0n) is 12.8. The van der Waals surface area contributed by atoms with Crippen LogP contribution < -0.4 is 0 Å². The van der Waals surface area contributed by atoms with E-state index in [9.17, 15) is 53.3 Å². The Kier molecular flexibility index (Phi) is 7.40. The van der Waals surface area contributed by atoms with Crippen molar-refractivity contribution < 1.29 is 67.9 Å². The summed E-state index contributed by atoms with van der Waals surface area (Å²) >= 11 is 0. The summed E-state index contributed by atoms with van der Waals surface area (Å²) in [5, 5.41) is 2.57. The van der Waals surface area contributed by atoms with Gasteiger partial charge in [0.2, 0.25) is 0 Å². The first-order chi connectivity index (χ1) is 11.9. The number of esters is 1. The summed E-state index contributed by atoms with van der Waals surface area (Å²) in [5.74, 6) is -15.0. The van der Waals surface area contributed by atoms with Crippen LogP contribution in [0.15, 0.2) is 12.7 Å². The molecule has 16 heteroatoms. The van der Waals surface area contributed by atoms with E-state index in [1.54, 1.807) is 0 Å². The first kappa shape index (κ1) is 25.1. The van der Waals surface area contributed by atoms with Gasteiger partial charge in [0.25, 0.3) is 0 Å². The summed E-state index contributed by atoms with van der Waals surface area (Å²) in [5.41, 5.74) is 0. The van der Waals surface area contributed by atoms with Crippen molar-refractivity contribution in [2.24, 2.45) is 0 Å². The summed E-state index contributed by atoms with van der Waals surface area (Å²) in [4.78, 5) is 21.8. The van der Waals surface area contributed by atoms with Crippen LogP contribution in [0.5, 0.6) is 0 Å². The van der Waals surface area contributed by atoms with Gasteiger partial charge in [0, 0.05) is 12.5 Å². The van der Waals surface area contributed by atoms with Crippen molar-refractivity contribution in [2.75, 3.05) is 6.61 Å². The molecule has 1 unspecified atom stereocenters. The lowest BCUT2D eigenvalue weighted by molar-refractivity contribution is -0.353. The zero-order chi connectivity index (χ0) is 21.9. The number of hydrogen-bond donors (Lipinski definition) is 1. The van der Waals surface area contributed by atoms with Gasteiger partial charge >= 0.3 is 35.1 Å². The number of aliphatic carboxylic acids is 1. The molecule has 0 fully saturated rings. The summed E-state index contributed by atoms with van der Waals surface area (Å²) < 4.78 is 129. The van der Waals surface area contributed by atoms with E-state index in [1.165, 1.54) is 0 Å². The molecule has 0 aromatic rings. The molecule has 0 radical (unpaired) electrons. The Labute approximate surface area is 146 Å². The lowest BCUT2D eigenvalue weighted by atomic mass is 10.2. The first-order valence-corrected chi connectivity index (χ1v) is 7.77. The smallest absolute Gasteiger partial charge is 0.468 e. The Balaban J connectivity index is 5.36. The number of carbonyl (C=O) groups excluding carboxylic acids is 1. The number of carboxylic acids is 1. The molecule has 1 atom stereocenters. The maximum absolute atomic E-state index is 13.2. The molecule has 8 nitrogen and oxygen atoms in total. The fourth-order valence-corrected chi connectivity index (χ4v) is 1.89. The third-order valence-electron chi connectivity index (χ3n) is 2.75. The van der Waals surface area contributed by atoms with E-state index in [4.69, 9.17) is 5.11 Å². The van der Waals surface area contributed by atoms with Gasteiger partial charge in [-0.2, -0.15) is 30.7 Å². The molecular weight excluding hydrogens is 425 g/mol. The van der Waals surface area contributed by atoms with Gasteiger partial charge in [-0.05, 0) is 6.42 Å². The van der Waals surface area contributed by atoms with E-state index in [2.05, 4.69) is 16.1 Å². The van der Waals surface area contributed by atoms with Crippen molar-refractivity contribution in [2.45, 2.75) is 36.0 Å². The highest BCUT2D eigenvalue weighted by atomic mass is 32.2. The molecule has 0 saturated carbocycles. The molecule has 1 N–H and O–H groups in total. The van der Waals surface area contributed by atoms with E-state index in [1.807, 2.05) is 0 Å². The Bertz CT molecular complexity index is 687. The van der Waals surface area contributed by atoms with Crippen LogP contribution in [0.3, 0.4) is 0 Å². The fraction of sp³-hybridized carbons (Fsp3) is 0.636. The van der Waals surface area contributed by atoms with Crippen LogP contribution in [0.1, 0.15) is 12.8 Å². The van der Waals surface area contributed by atoms with Gasteiger partial charge < -0.3 is 19.1 Å². The van der Waals surface area contributed by atoms with Crippen LogP contribution in [-0.2, 0) is 29.2 Å². The van der Waals surface area contributed by atoms with Crippen molar-refractivity contribution in [3.63, 3.8) is 0 Å². The maximum atomic E-state index is 13.2. The Morgan fingerprint density at radius 2 is 1.59 bits per heavy atom. The third-order valence-corrected chi connectivity index (χ3v) is 3.67.